The minimum absolute atomic E-state index is 0.306. The summed E-state index contributed by atoms with van der Waals surface area (Å²) >= 11 is 4.56. The van der Waals surface area contributed by atoms with Gasteiger partial charge >= 0.3 is 5.97 Å². The van der Waals surface area contributed by atoms with Gasteiger partial charge in [0.1, 0.15) is 12.4 Å². The molecule has 1 N–H and O–H groups in total. The zero-order chi connectivity index (χ0) is 13.8. The molecule has 0 saturated heterocycles. The standard InChI is InChI=1S/C10H8BrFN4O2S/c11-8-2-1-7(12)3-6(8)5-19-10-13-14-15-16(10)4-9(17)18/h1-3H,4-5H2,(H,17,18). The number of hydrogen-bond donors (Lipinski definition) is 1. The molecule has 19 heavy (non-hydrogen) atoms. The molecular formula is C10H8BrFN4O2S. The number of carboxylic acids is 1. The molecule has 2 rings (SSSR count). The highest BCUT2D eigenvalue weighted by Gasteiger charge is 2.11. The maximum absolute atomic E-state index is 13.1. The molecule has 6 nitrogen and oxygen atoms in total. The van der Waals surface area contributed by atoms with Gasteiger partial charge in [0.2, 0.25) is 5.16 Å². The van der Waals surface area contributed by atoms with Crippen LogP contribution in [0.15, 0.2) is 27.8 Å². The number of thioether (sulfide) groups is 1. The number of carboxylic acid groups (broad SMARTS) is 1. The van der Waals surface area contributed by atoms with E-state index in [0.29, 0.717) is 10.9 Å². The zero-order valence-electron chi connectivity index (χ0n) is 9.45. The Balaban J connectivity index is 2.08. The van der Waals surface area contributed by atoms with Gasteiger partial charge in [-0.2, -0.15) is 0 Å². The molecule has 0 aliphatic carbocycles. The Morgan fingerprint density at radius 1 is 1.53 bits per heavy atom. The van der Waals surface area contributed by atoms with Crippen LogP contribution in [0.25, 0.3) is 0 Å². The highest BCUT2D eigenvalue weighted by atomic mass is 79.9. The Morgan fingerprint density at radius 3 is 3.05 bits per heavy atom. The summed E-state index contributed by atoms with van der Waals surface area (Å²) in [7, 11) is 0. The van der Waals surface area contributed by atoms with E-state index in [1.54, 1.807) is 6.07 Å². The van der Waals surface area contributed by atoms with Gasteiger partial charge in [0.25, 0.3) is 0 Å². The third-order valence-corrected chi connectivity index (χ3v) is 3.93. The molecule has 2 aromatic rings. The summed E-state index contributed by atoms with van der Waals surface area (Å²) in [5, 5.41) is 19.8. The summed E-state index contributed by atoms with van der Waals surface area (Å²) in [6, 6.07) is 4.38. The van der Waals surface area contributed by atoms with Gasteiger partial charge in [-0.25, -0.2) is 9.07 Å². The van der Waals surface area contributed by atoms with E-state index in [1.807, 2.05) is 0 Å². The fourth-order valence-electron chi connectivity index (χ4n) is 1.32. The molecule has 100 valence electrons. The molecule has 0 unspecified atom stereocenters. The Hall–Kier alpha value is -1.48. The molecule has 1 aromatic heterocycles. The number of aromatic nitrogens is 4. The smallest absolute Gasteiger partial charge is 0.325 e. The Labute approximate surface area is 120 Å². The summed E-state index contributed by atoms with van der Waals surface area (Å²) in [5.74, 6) is -0.928. The van der Waals surface area contributed by atoms with E-state index in [1.165, 1.54) is 28.6 Å². The van der Waals surface area contributed by atoms with Crippen LogP contribution in [0.2, 0.25) is 0 Å². The van der Waals surface area contributed by atoms with Crippen LogP contribution in [0.4, 0.5) is 4.39 Å². The van der Waals surface area contributed by atoms with E-state index in [4.69, 9.17) is 5.11 Å². The number of halogens is 2. The van der Waals surface area contributed by atoms with Gasteiger partial charge < -0.3 is 5.11 Å². The van der Waals surface area contributed by atoms with E-state index < -0.39 is 5.97 Å². The number of hydrogen-bond acceptors (Lipinski definition) is 5. The molecule has 0 atom stereocenters. The van der Waals surface area contributed by atoms with Gasteiger partial charge in [-0.3, -0.25) is 4.79 Å². The fourth-order valence-corrected chi connectivity index (χ4v) is 2.76. The molecule has 9 heteroatoms. The molecule has 0 aliphatic heterocycles. The number of nitrogens with zero attached hydrogens (tertiary/aromatic N) is 4. The molecule has 0 spiro atoms. The summed E-state index contributed by atoms with van der Waals surface area (Å²) in [6.07, 6.45) is 0. The minimum Gasteiger partial charge on any atom is -0.480 e. The Morgan fingerprint density at radius 2 is 2.32 bits per heavy atom. The molecular weight excluding hydrogens is 339 g/mol. The second-order valence-electron chi connectivity index (χ2n) is 3.54. The predicted octanol–water partition coefficient (Wildman–Crippen LogP) is 1.95. The van der Waals surface area contributed by atoms with Crippen molar-refractivity contribution in [1.82, 2.24) is 20.2 Å². The second-order valence-corrected chi connectivity index (χ2v) is 5.33. The monoisotopic (exact) mass is 346 g/mol. The molecule has 0 saturated carbocycles. The first-order chi connectivity index (χ1) is 9.06. The van der Waals surface area contributed by atoms with Gasteiger partial charge in [-0.05, 0) is 34.2 Å². The largest absolute Gasteiger partial charge is 0.480 e. The average molecular weight is 347 g/mol. The van der Waals surface area contributed by atoms with Crippen molar-refractivity contribution in [2.45, 2.75) is 17.5 Å². The van der Waals surface area contributed by atoms with Crippen molar-refractivity contribution in [3.05, 3.63) is 34.1 Å². The van der Waals surface area contributed by atoms with Crippen molar-refractivity contribution in [3.63, 3.8) is 0 Å². The summed E-state index contributed by atoms with van der Waals surface area (Å²) in [5.41, 5.74) is 0.745. The lowest BCUT2D eigenvalue weighted by Crippen LogP contribution is -2.11. The van der Waals surface area contributed by atoms with Gasteiger partial charge in [0.15, 0.2) is 0 Å². The van der Waals surface area contributed by atoms with E-state index in [-0.39, 0.29) is 12.4 Å². The summed E-state index contributed by atoms with van der Waals surface area (Å²) in [4.78, 5) is 10.6. The fraction of sp³-hybridized carbons (Fsp3) is 0.200. The zero-order valence-corrected chi connectivity index (χ0v) is 11.9. The lowest BCUT2D eigenvalue weighted by atomic mass is 10.2. The van der Waals surface area contributed by atoms with Gasteiger partial charge in [-0.1, -0.05) is 27.7 Å². The summed E-state index contributed by atoms with van der Waals surface area (Å²) < 4.78 is 15.1. The number of benzene rings is 1. The lowest BCUT2D eigenvalue weighted by Gasteiger charge is -2.04. The Bertz CT molecular complexity index is 607. The molecule has 1 heterocycles. The van der Waals surface area contributed by atoms with Crippen molar-refractivity contribution in [2.24, 2.45) is 0 Å². The second kappa shape index (κ2) is 6.11. The molecule has 0 fully saturated rings. The minimum atomic E-state index is -1.03. The van der Waals surface area contributed by atoms with Crippen molar-refractivity contribution in [1.29, 1.82) is 0 Å². The molecule has 0 bridgehead atoms. The van der Waals surface area contributed by atoms with E-state index in [2.05, 4.69) is 31.5 Å². The van der Waals surface area contributed by atoms with E-state index in [0.717, 1.165) is 10.0 Å². The number of tetrazole rings is 1. The first-order valence-corrected chi connectivity index (χ1v) is 6.89. The van der Waals surface area contributed by atoms with Gasteiger partial charge in [-0.15, -0.1) is 5.10 Å². The highest BCUT2D eigenvalue weighted by molar-refractivity contribution is 9.10. The van der Waals surface area contributed by atoms with E-state index in [9.17, 15) is 9.18 Å². The van der Waals surface area contributed by atoms with Crippen molar-refractivity contribution in [2.75, 3.05) is 0 Å². The normalized spacial score (nSPS) is 10.6. The van der Waals surface area contributed by atoms with Crippen LogP contribution in [0.5, 0.6) is 0 Å². The molecule has 1 aromatic carbocycles. The van der Waals surface area contributed by atoms with Crippen LogP contribution < -0.4 is 0 Å². The molecule has 0 amide bonds. The summed E-state index contributed by atoms with van der Waals surface area (Å²) in [6.45, 7) is -0.306. The number of carbonyl (C=O) groups is 1. The number of rotatable bonds is 5. The van der Waals surface area contributed by atoms with Crippen molar-refractivity contribution < 1.29 is 14.3 Å². The average Bonchev–Trinajstić information content (AvgIpc) is 2.77. The first kappa shape index (κ1) is 13.9. The topological polar surface area (TPSA) is 80.9 Å². The quantitative estimate of drug-likeness (QED) is 0.833. The lowest BCUT2D eigenvalue weighted by molar-refractivity contribution is -0.138. The SMILES string of the molecule is O=C(O)Cn1nnnc1SCc1cc(F)ccc1Br. The highest BCUT2D eigenvalue weighted by Crippen LogP contribution is 2.26. The van der Waals surface area contributed by atoms with Crippen molar-refractivity contribution in [3.8, 4) is 0 Å². The van der Waals surface area contributed by atoms with Crippen LogP contribution in [0.3, 0.4) is 0 Å². The van der Waals surface area contributed by atoms with Crippen LogP contribution in [-0.4, -0.2) is 31.3 Å². The van der Waals surface area contributed by atoms with Gasteiger partial charge in [0, 0.05) is 10.2 Å². The van der Waals surface area contributed by atoms with Gasteiger partial charge in [0.05, 0.1) is 0 Å². The third kappa shape index (κ3) is 3.74. The number of aliphatic carboxylic acids is 1. The maximum atomic E-state index is 13.1. The third-order valence-electron chi connectivity index (χ3n) is 2.15. The van der Waals surface area contributed by atoms with Crippen LogP contribution >= 0.6 is 27.7 Å². The van der Waals surface area contributed by atoms with E-state index >= 15 is 0 Å². The molecule has 0 aliphatic rings. The van der Waals surface area contributed by atoms with Crippen LogP contribution in [0, 0.1) is 5.82 Å². The van der Waals surface area contributed by atoms with Crippen LogP contribution in [0.1, 0.15) is 5.56 Å². The van der Waals surface area contributed by atoms with Crippen LogP contribution in [-0.2, 0) is 17.1 Å². The Kier molecular flexibility index (Phi) is 4.48. The maximum Gasteiger partial charge on any atom is 0.325 e. The van der Waals surface area contributed by atoms with Crippen molar-refractivity contribution >= 4 is 33.7 Å². The first-order valence-electron chi connectivity index (χ1n) is 5.11. The predicted molar refractivity (Wildman–Crippen MR) is 69.1 cm³/mol. The molecule has 0 radical (unpaired) electrons.